The molecule has 90 valence electrons. The lowest BCUT2D eigenvalue weighted by Crippen LogP contribution is -2.06. The summed E-state index contributed by atoms with van der Waals surface area (Å²) in [6, 6.07) is 6.37. The van der Waals surface area contributed by atoms with Crippen LogP contribution >= 0.6 is 0 Å². The Labute approximate surface area is 101 Å². The van der Waals surface area contributed by atoms with Gasteiger partial charge >= 0.3 is 0 Å². The highest BCUT2D eigenvalue weighted by atomic mass is 19.1. The molecule has 0 unspecified atom stereocenters. The van der Waals surface area contributed by atoms with Crippen molar-refractivity contribution in [2.45, 2.75) is 32.3 Å². The molecule has 0 heterocycles. The summed E-state index contributed by atoms with van der Waals surface area (Å²) in [4.78, 5) is 0. The number of nitriles is 1. The van der Waals surface area contributed by atoms with Gasteiger partial charge in [-0.2, -0.15) is 5.26 Å². The topological polar surface area (TPSA) is 33.0 Å². The predicted molar refractivity (Wildman–Crippen MR) is 62.7 cm³/mol. The molecule has 1 aliphatic carbocycles. The molecular weight excluding hydrogens is 217 g/mol. The van der Waals surface area contributed by atoms with Gasteiger partial charge in [0.15, 0.2) is 0 Å². The minimum Gasteiger partial charge on any atom is -0.376 e. The highest BCUT2D eigenvalue weighted by Crippen LogP contribution is 2.25. The van der Waals surface area contributed by atoms with Crippen molar-refractivity contribution < 1.29 is 9.13 Å². The lowest BCUT2D eigenvalue weighted by molar-refractivity contribution is 0.0870. The fourth-order valence-corrected chi connectivity index (χ4v) is 2.27. The Kier molecular flexibility index (Phi) is 4.11. The van der Waals surface area contributed by atoms with Crippen molar-refractivity contribution in [1.29, 1.82) is 5.26 Å². The zero-order valence-corrected chi connectivity index (χ0v) is 9.79. The van der Waals surface area contributed by atoms with Crippen LogP contribution in [0.5, 0.6) is 0 Å². The molecule has 0 saturated heterocycles. The average molecular weight is 233 g/mol. The van der Waals surface area contributed by atoms with Gasteiger partial charge in [0.2, 0.25) is 0 Å². The Morgan fingerprint density at radius 1 is 1.35 bits per heavy atom. The summed E-state index contributed by atoms with van der Waals surface area (Å²) in [5.41, 5.74) is 0.952. The Morgan fingerprint density at radius 2 is 2.12 bits per heavy atom. The van der Waals surface area contributed by atoms with Crippen molar-refractivity contribution in [3.8, 4) is 6.07 Å². The first-order valence-electron chi connectivity index (χ1n) is 6.06. The minimum atomic E-state index is -0.296. The molecular formula is C14H16FNO. The van der Waals surface area contributed by atoms with E-state index >= 15 is 0 Å². The third-order valence-electron chi connectivity index (χ3n) is 3.26. The van der Waals surface area contributed by atoms with Gasteiger partial charge in [0.1, 0.15) is 5.82 Å². The standard InChI is InChI=1S/C14H16FNO/c15-14-6-5-12(8-16)7-13(14)10-17-9-11-3-1-2-4-11/h5-7,11H,1-4,9-10H2. The van der Waals surface area contributed by atoms with E-state index in [0.717, 1.165) is 0 Å². The fourth-order valence-electron chi connectivity index (χ4n) is 2.27. The monoisotopic (exact) mass is 233 g/mol. The van der Waals surface area contributed by atoms with Crippen LogP contribution in [-0.4, -0.2) is 6.61 Å². The molecule has 2 nitrogen and oxygen atoms in total. The molecule has 3 heteroatoms. The number of hydrogen-bond acceptors (Lipinski definition) is 2. The maximum atomic E-state index is 13.4. The van der Waals surface area contributed by atoms with Crippen LogP contribution in [0.15, 0.2) is 18.2 Å². The summed E-state index contributed by atoms with van der Waals surface area (Å²) in [5.74, 6) is 0.340. The molecule has 1 aromatic carbocycles. The van der Waals surface area contributed by atoms with Gasteiger partial charge in [0.05, 0.1) is 18.2 Å². The SMILES string of the molecule is N#Cc1ccc(F)c(COCC2CCCC2)c1. The Morgan fingerprint density at radius 3 is 2.82 bits per heavy atom. The van der Waals surface area contributed by atoms with E-state index in [2.05, 4.69) is 0 Å². The van der Waals surface area contributed by atoms with Gasteiger partial charge in [0, 0.05) is 12.2 Å². The van der Waals surface area contributed by atoms with E-state index in [-0.39, 0.29) is 12.4 Å². The van der Waals surface area contributed by atoms with Crippen molar-refractivity contribution in [3.05, 3.63) is 35.1 Å². The number of nitrogens with zero attached hydrogens (tertiary/aromatic N) is 1. The van der Waals surface area contributed by atoms with Gasteiger partial charge in [0.25, 0.3) is 0 Å². The van der Waals surface area contributed by atoms with Crippen LogP contribution in [0.3, 0.4) is 0 Å². The smallest absolute Gasteiger partial charge is 0.128 e. The molecule has 0 bridgehead atoms. The summed E-state index contributed by atoms with van der Waals surface area (Å²) < 4.78 is 19.0. The number of hydrogen-bond donors (Lipinski definition) is 0. The van der Waals surface area contributed by atoms with Gasteiger partial charge < -0.3 is 4.74 Å². The third kappa shape index (κ3) is 3.28. The average Bonchev–Trinajstić information content (AvgIpc) is 2.84. The van der Waals surface area contributed by atoms with Gasteiger partial charge in [-0.1, -0.05) is 12.8 Å². The van der Waals surface area contributed by atoms with Crippen LogP contribution in [-0.2, 0) is 11.3 Å². The van der Waals surface area contributed by atoms with Crippen molar-refractivity contribution in [3.63, 3.8) is 0 Å². The lowest BCUT2D eigenvalue weighted by atomic mass is 10.1. The van der Waals surface area contributed by atoms with Crippen molar-refractivity contribution in [2.24, 2.45) is 5.92 Å². The second-order valence-corrected chi connectivity index (χ2v) is 4.58. The first-order chi connectivity index (χ1) is 8.29. The summed E-state index contributed by atoms with van der Waals surface area (Å²) in [5, 5.41) is 8.74. The predicted octanol–water partition coefficient (Wildman–Crippen LogP) is 3.40. The molecule has 0 spiro atoms. The van der Waals surface area contributed by atoms with Gasteiger partial charge in [-0.05, 0) is 37.0 Å². The molecule has 1 aromatic rings. The second kappa shape index (κ2) is 5.79. The first-order valence-corrected chi connectivity index (χ1v) is 6.06. The molecule has 1 aliphatic rings. The van der Waals surface area contributed by atoms with Gasteiger partial charge in [-0.3, -0.25) is 0 Å². The maximum Gasteiger partial charge on any atom is 0.128 e. The third-order valence-corrected chi connectivity index (χ3v) is 3.26. The zero-order valence-electron chi connectivity index (χ0n) is 9.79. The van der Waals surface area contributed by atoms with E-state index < -0.39 is 0 Å². The Hall–Kier alpha value is -1.40. The summed E-state index contributed by atoms with van der Waals surface area (Å²) >= 11 is 0. The van der Waals surface area contributed by atoms with Crippen LogP contribution in [0.4, 0.5) is 4.39 Å². The van der Waals surface area contributed by atoms with Crippen LogP contribution in [0.2, 0.25) is 0 Å². The quantitative estimate of drug-likeness (QED) is 0.798. The largest absolute Gasteiger partial charge is 0.376 e. The Balaban J connectivity index is 1.87. The van der Waals surface area contributed by atoms with Crippen molar-refractivity contribution >= 4 is 0 Å². The van der Waals surface area contributed by atoms with Gasteiger partial charge in [-0.15, -0.1) is 0 Å². The molecule has 1 fully saturated rings. The molecule has 0 amide bonds. The normalized spacial score (nSPS) is 16.0. The highest BCUT2D eigenvalue weighted by molar-refractivity contribution is 5.33. The van der Waals surface area contributed by atoms with E-state index in [9.17, 15) is 4.39 Å². The molecule has 0 atom stereocenters. The van der Waals surface area contributed by atoms with E-state index in [4.69, 9.17) is 10.00 Å². The fraction of sp³-hybridized carbons (Fsp3) is 0.500. The first kappa shape index (κ1) is 12.1. The van der Waals surface area contributed by atoms with Crippen LogP contribution in [0.25, 0.3) is 0 Å². The van der Waals surface area contributed by atoms with E-state index in [1.165, 1.54) is 37.8 Å². The summed E-state index contributed by atoms with van der Waals surface area (Å²) in [7, 11) is 0. The molecule has 1 saturated carbocycles. The maximum absolute atomic E-state index is 13.4. The lowest BCUT2D eigenvalue weighted by Gasteiger charge is -2.10. The van der Waals surface area contributed by atoms with E-state index in [0.29, 0.717) is 23.7 Å². The number of ether oxygens (including phenoxy) is 1. The summed E-state index contributed by atoms with van der Waals surface area (Å²) in [6.07, 6.45) is 5.01. The highest BCUT2D eigenvalue weighted by Gasteiger charge is 2.15. The number of halogens is 1. The summed E-state index contributed by atoms with van der Waals surface area (Å²) in [6.45, 7) is 0.966. The molecule has 0 aromatic heterocycles. The molecule has 0 aliphatic heterocycles. The van der Waals surface area contributed by atoms with Gasteiger partial charge in [-0.25, -0.2) is 4.39 Å². The van der Waals surface area contributed by atoms with Crippen LogP contribution < -0.4 is 0 Å². The number of benzene rings is 1. The molecule has 0 N–H and O–H groups in total. The Bertz CT molecular complexity index is 419. The molecule has 0 radical (unpaired) electrons. The van der Waals surface area contributed by atoms with E-state index in [1.807, 2.05) is 6.07 Å². The van der Waals surface area contributed by atoms with E-state index in [1.54, 1.807) is 6.07 Å². The zero-order chi connectivity index (χ0) is 12.1. The van der Waals surface area contributed by atoms with Crippen molar-refractivity contribution in [1.82, 2.24) is 0 Å². The molecule has 2 rings (SSSR count). The van der Waals surface area contributed by atoms with Crippen molar-refractivity contribution in [2.75, 3.05) is 6.61 Å². The van der Waals surface area contributed by atoms with Crippen LogP contribution in [0.1, 0.15) is 36.8 Å². The minimum absolute atomic E-state index is 0.262. The molecule has 17 heavy (non-hydrogen) atoms. The second-order valence-electron chi connectivity index (χ2n) is 4.58. The number of rotatable bonds is 4. The van der Waals surface area contributed by atoms with Crippen LogP contribution in [0, 0.1) is 23.1 Å².